The molecule has 156 valence electrons. The fourth-order valence-electron chi connectivity index (χ4n) is 3.24. The van der Waals surface area contributed by atoms with Crippen LogP contribution in [0.15, 0.2) is 52.1 Å². The summed E-state index contributed by atoms with van der Waals surface area (Å²) in [5.41, 5.74) is 1.68. The summed E-state index contributed by atoms with van der Waals surface area (Å²) in [5, 5.41) is 8.43. The van der Waals surface area contributed by atoms with Crippen LogP contribution in [0.25, 0.3) is 11.0 Å². The average Bonchev–Trinajstić information content (AvgIpc) is 3.35. The number of anilines is 1. The van der Waals surface area contributed by atoms with E-state index in [2.05, 4.69) is 15.0 Å². The number of rotatable bonds is 6. The molecule has 0 atom stereocenters. The highest BCUT2D eigenvalue weighted by molar-refractivity contribution is 7.92. The van der Waals surface area contributed by atoms with Crippen LogP contribution in [0.4, 0.5) is 10.2 Å². The molecule has 0 saturated heterocycles. The van der Waals surface area contributed by atoms with Crippen molar-refractivity contribution in [1.82, 2.24) is 14.9 Å². The first kappa shape index (κ1) is 19.9. The van der Waals surface area contributed by atoms with Gasteiger partial charge in [0.2, 0.25) is 0 Å². The van der Waals surface area contributed by atoms with Crippen molar-refractivity contribution in [3.8, 4) is 5.75 Å². The van der Waals surface area contributed by atoms with Crippen molar-refractivity contribution in [2.24, 2.45) is 0 Å². The summed E-state index contributed by atoms with van der Waals surface area (Å²) in [6, 6.07) is 7.87. The minimum atomic E-state index is -4.02. The second kappa shape index (κ2) is 7.45. The number of fused-ring (bicyclic) bond motifs is 1. The van der Waals surface area contributed by atoms with Crippen LogP contribution in [0.1, 0.15) is 16.7 Å². The Hall–Kier alpha value is -3.40. The fraction of sp³-hybridized carbons (Fsp3) is 0.200. The Morgan fingerprint density at radius 1 is 1.20 bits per heavy atom. The van der Waals surface area contributed by atoms with Crippen LogP contribution in [-0.4, -0.2) is 30.5 Å². The molecule has 0 bridgehead atoms. The smallest absolute Gasteiger partial charge is 0.263 e. The molecule has 0 aliphatic rings. The molecule has 0 aliphatic carbocycles. The number of halogens is 1. The molecule has 0 amide bonds. The van der Waals surface area contributed by atoms with E-state index in [1.807, 2.05) is 12.3 Å². The van der Waals surface area contributed by atoms with E-state index in [1.54, 1.807) is 23.0 Å². The van der Waals surface area contributed by atoms with Gasteiger partial charge in [-0.05, 0) is 60.9 Å². The lowest BCUT2D eigenvalue weighted by Gasteiger charge is -2.10. The molecule has 4 rings (SSSR count). The topological polar surface area (TPSA) is 99.2 Å². The highest BCUT2D eigenvalue weighted by atomic mass is 32.2. The summed E-state index contributed by atoms with van der Waals surface area (Å²) in [6.07, 6.45) is 3.50. The molecule has 0 radical (unpaired) electrons. The summed E-state index contributed by atoms with van der Waals surface area (Å²) in [6.45, 7) is 3.50. The predicted octanol–water partition coefficient (Wildman–Crippen LogP) is 3.64. The maximum Gasteiger partial charge on any atom is 0.263 e. The van der Waals surface area contributed by atoms with Crippen LogP contribution in [0.5, 0.6) is 5.75 Å². The van der Waals surface area contributed by atoms with Gasteiger partial charge in [-0.25, -0.2) is 12.8 Å². The number of methoxy groups -OCH3 is 1. The van der Waals surface area contributed by atoms with Gasteiger partial charge >= 0.3 is 0 Å². The van der Waals surface area contributed by atoms with E-state index >= 15 is 0 Å². The number of hydrogen-bond acceptors (Lipinski definition) is 6. The third-order valence-electron chi connectivity index (χ3n) is 4.67. The summed E-state index contributed by atoms with van der Waals surface area (Å²) < 4.78 is 54.6. The van der Waals surface area contributed by atoms with Crippen LogP contribution in [0.2, 0.25) is 0 Å². The normalized spacial score (nSPS) is 11.7. The number of hydrogen-bond donors (Lipinski definition) is 1. The number of nitrogens with one attached hydrogen (secondary N) is 1. The van der Waals surface area contributed by atoms with Crippen molar-refractivity contribution in [1.29, 1.82) is 0 Å². The average molecular weight is 430 g/mol. The van der Waals surface area contributed by atoms with Crippen molar-refractivity contribution in [2.75, 3.05) is 11.8 Å². The number of ether oxygens (including phenoxy) is 1. The lowest BCUT2D eigenvalue weighted by atomic mass is 10.1. The van der Waals surface area contributed by atoms with Crippen molar-refractivity contribution in [2.45, 2.75) is 25.3 Å². The third kappa shape index (κ3) is 3.61. The monoisotopic (exact) mass is 430 g/mol. The molecule has 2 aromatic heterocycles. The largest absolute Gasteiger partial charge is 0.496 e. The predicted molar refractivity (Wildman–Crippen MR) is 109 cm³/mol. The van der Waals surface area contributed by atoms with Crippen LogP contribution in [0, 0.1) is 19.7 Å². The second-order valence-corrected chi connectivity index (χ2v) is 8.56. The van der Waals surface area contributed by atoms with E-state index in [9.17, 15) is 12.8 Å². The summed E-state index contributed by atoms with van der Waals surface area (Å²) in [7, 11) is -2.54. The van der Waals surface area contributed by atoms with Crippen molar-refractivity contribution < 1.29 is 22.1 Å². The number of aromatic nitrogens is 3. The van der Waals surface area contributed by atoms with Gasteiger partial charge < -0.3 is 9.26 Å². The Bertz CT molecular complexity index is 1310. The molecule has 30 heavy (non-hydrogen) atoms. The van der Waals surface area contributed by atoms with E-state index in [-0.39, 0.29) is 21.8 Å². The molecule has 0 unspecified atom stereocenters. The van der Waals surface area contributed by atoms with Crippen molar-refractivity contribution in [3.63, 3.8) is 0 Å². The molecule has 4 aromatic rings. The summed E-state index contributed by atoms with van der Waals surface area (Å²) >= 11 is 0. The Kier molecular flexibility index (Phi) is 4.94. The van der Waals surface area contributed by atoms with Crippen LogP contribution < -0.4 is 9.46 Å². The molecule has 2 aromatic carbocycles. The van der Waals surface area contributed by atoms with Gasteiger partial charge in [0.1, 0.15) is 17.0 Å². The lowest BCUT2D eigenvalue weighted by molar-refractivity contribution is 0.418. The van der Waals surface area contributed by atoms with Gasteiger partial charge in [0.05, 0.1) is 18.6 Å². The first-order valence-electron chi connectivity index (χ1n) is 9.02. The lowest BCUT2D eigenvalue weighted by Crippen LogP contribution is -2.14. The van der Waals surface area contributed by atoms with E-state index < -0.39 is 15.8 Å². The molecule has 10 heteroatoms. The highest BCUT2D eigenvalue weighted by Crippen LogP contribution is 2.35. The Labute approximate surface area is 172 Å². The molecular weight excluding hydrogens is 411 g/mol. The van der Waals surface area contributed by atoms with Crippen molar-refractivity contribution in [3.05, 3.63) is 65.2 Å². The molecular formula is C20H19FN4O4S. The standard InChI is InChI=1S/C20H19FN4O4S/c1-12-7-15(8-13(2)19(12)21)30(26,27)24-20-18-16(28-3)9-14(10-17(18)29-23-20)11-25-6-4-5-22-25/h4-10H,11H2,1-3H3,(H,23,24). The maximum absolute atomic E-state index is 13.9. The Morgan fingerprint density at radius 3 is 2.57 bits per heavy atom. The number of nitrogens with zero attached hydrogens (tertiary/aromatic N) is 3. The maximum atomic E-state index is 13.9. The Balaban J connectivity index is 1.73. The van der Waals surface area contributed by atoms with E-state index in [4.69, 9.17) is 9.26 Å². The molecule has 0 spiro atoms. The van der Waals surface area contributed by atoms with Gasteiger partial charge in [0.25, 0.3) is 10.0 Å². The summed E-state index contributed by atoms with van der Waals surface area (Å²) in [4.78, 5) is -0.0654. The van der Waals surface area contributed by atoms with Gasteiger partial charge in [-0.3, -0.25) is 9.40 Å². The number of aryl methyl sites for hydroxylation is 2. The zero-order valence-electron chi connectivity index (χ0n) is 16.5. The van der Waals surface area contributed by atoms with Gasteiger partial charge in [0, 0.05) is 12.4 Å². The molecule has 2 heterocycles. The number of benzene rings is 2. The fourth-order valence-corrected chi connectivity index (χ4v) is 4.42. The van der Waals surface area contributed by atoms with Crippen LogP contribution in [0.3, 0.4) is 0 Å². The first-order valence-corrected chi connectivity index (χ1v) is 10.5. The van der Waals surface area contributed by atoms with E-state index in [0.29, 0.717) is 23.3 Å². The van der Waals surface area contributed by atoms with Crippen LogP contribution in [-0.2, 0) is 16.6 Å². The quantitative estimate of drug-likeness (QED) is 0.501. The molecule has 0 saturated carbocycles. The van der Waals surface area contributed by atoms with Gasteiger partial charge in [-0.15, -0.1) is 0 Å². The Morgan fingerprint density at radius 2 is 1.93 bits per heavy atom. The molecule has 0 aliphatic heterocycles. The van der Waals surface area contributed by atoms with Gasteiger partial charge in [-0.2, -0.15) is 5.10 Å². The molecule has 1 N–H and O–H groups in total. The van der Waals surface area contributed by atoms with Crippen LogP contribution >= 0.6 is 0 Å². The molecule has 8 nitrogen and oxygen atoms in total. The second-order valence-electron chi connectivity index (χ2n) is 6.88. The summed E-state index contributed by atoms with van der Waals surface area (Å²) in [5.74, 6) is -0.0422. The van der Waals surface area contributed by atoms with E-state index in [1.165, 1.54) is 33.1 Å². The number of sulfonamides is 1. The molecule has 0 fully saturated rings. The third-order valence-corrected chi connectivity index (χ3v) is 5.99. The highest BCUT2D eigenvalue weighted by Gasteiger charge is 2.23. The first-order chi connectivity index (χ1) is 14.3. The zero-order chi connectivity index (χ0) is 21.5. The zero-order valence-corrected chi connectivity index (χ0v) is 17.3. The minimum Gasteiger partial charge on any atom is -0.496 e. The van der Waals surface area contributed by atoms with E-state index in [0.717, 1.165) is 5.56 Å². The van der Waals surface area contributed by atoms with Crippen molar-refractivity contribution >= 4 is 26.8 Å². The minimum absolute atomic E-state index is 0.00730. The van der Waals surface area contributed by atoms with Gasteiger partial charge in [-0.1, -0.05) is 5.16 Å². The van der Waals surface area contributed by atoms with Gasteiger partial charge in [0.15, 0.2) is 11.4 Å². The SMILES string of the molecule is COc1cc(Cn2cccn2)cc2onc(NS(=O)(=O)c3cc(C)c(F)c(C)c3)c12.